The Bertz CT molecular complexity index is 208. The SMILES string of the molecule is O=C(OF)C(=O)OF.O=P(O)(O)O.[H-].[Li+]. The average Bonchev–Trinajstić information content (AvgIpc) is 1.98. The Balaban J connectivity index is -0.0000000770. The van der Waals surface area contributed by atoms with Crippen molar-refractivity contribution in [2.45, 2.75) is 0 Å². The van der Waals surface area contributed by atoms with Gasteiger partial charge in [0, 0.05) is 9.05 Å². The van der Waals surface area contributed by atoms with E-state index in [-0.39, 0.29) is 20.3 Å². The zero-order chi connectivity index (χ0) is 11.1. The van der Waals surface area contributed by atoms with Crippen LogP contribution in [0.4, 0.5) is 9.05 Å². The van der Waals surface area contributed by atoms with Crippen molar-refractivity contribution in [2.75, 3.05) is 0 Å². The second-order valence-corrected chi connectivity index (χ2v) is 2.27. The predicted molar refractivity (Wildman–Crippen MR) is 29.8 cm³/mol. The quantitative estimate of drug-likeness (QED) is 0.219. The van der Waals surface area contributed by atoms with Gasteiger partial charge < -0.3 is 16.1 Å². The first kappa shape index (κ1) is 19.1. The Hall–Kier alpha value is -0.493. The minimum absolute atomic E-state index is 0. The van der Waals surface area contributed by atoms with E-state index in [1.807, 2.05) is 0 Å². The maximum absolute atomic E-state index is 10.5. The van der Waals surface area contributed by atoms with Gasteiger partial charge in [0.15, 0.2) is 0 Å². The van der Waals surface area contributed by atoms with Gasteiger partial charge >= 0.3 is 38.6 Å². The molecule has 3 N–H and O–H groups in total. The van der Waals surface area contributed by atoms with Crippen molar-refractivity contribution in [1.82, 2.24) is 0 Å². The molecule has 80 valence electrons. The molecule has 12 heteroatoms. The molecule has 0 rings (SSSR count). The van der Waals surface area contributed by atoms with Crippen molar-refractivity contribution in [2.24, 2.45) is 0 Å². The summed E-state index contributed by atoms with van der Waals surface area (Å²) >= 11 is 0. The van der Waals surface area contributed by atoms with E-state index in [2.05, 4.69) is 9.88 Å². The predicted octanol–water partition coefficient (Wildman–Crippen LogP) is -3.97. The van der Waals surface area contributed by atoms with E-state index in [0.717, 1.165) is 0 Å². The smallest absolute Gasteiger partial charge is 1.00 e. The summed E-state index contributed by atoms with van der Waals surface area (Å²) in [6.45, 7) is 0. The van der Waals surface area contributed by atoms with Gasteiger partial charge in [-0.3, -0.25) is 0 Å². The number of phosphoric acid groups is 1. The fourth-order valence-electron chi connectivity index (χ4n) is 0.0630. The monoisotopic (exact) mass is 232 g/mol. The molecule has 0 aliphatic heterocycles. The van der Waals surface area contributed by atoms with Crippen LogP contribution in [0.15, 0.2) is 0 Å². The minimum atomic E-state index is -4.64. The Morgan fingerprint density at radius 2 is 1.21 bits per heavy atom. The first-order chi connectivity index (χ1) is 5.72. The first-order valence-electron chi connectivity index (χ1n) is 2.16. The molecule has 0 unspecified atom stereocenters. The number of halogens is 2. The molecule has 0 aromatic heterocycles. The van der Waals surface area contributed by atoms with E-state index >= 15 is 0 Å². The number of hydrogen-bond acceptors (Lipinski definition) is 5. The molecule has 0 spiro atoms. The van der Waals surface area contributed by atoms with Crippen molar-refractivity contribution in [3.63, 3.8) is 0 Å². The van der Waals surface area contributed by atoms with E-state index in [9.17, 15) is 18.6 Å². The Kier molecular flexibility index (Phi) is 12.4. The molecule has 0 aromatic rings. The fourth-order valence-corrected chi connectivity index (χ4v) is 0.0630. The van der Waals surface area contributed by atoms with Crippen LogP contribution in [0.2, 0.25) is 0 Å². The molecule has 0 fully saturated rings. The molecule has 8 nitrogen and oxygen atoms in total. The van der Waals surface area contributed by atoms with E-state index in [0.29, 0.717) is 0 Å². The molecule has 0 radical (unpaired) electrons. The van der Waals surface area contributed by atoms with Crippen LogP contribution in [0.3, 0.4) is 0 Å². The molecule has 0 saturated heterocycles. The molecule has 0 amide bonds. The van der Waals surface area contributed by atoms with Crippen molar-refractivity contribution in [3.05, 3.63) is 0 Å². The number of carbonyl (C=O) groups is 2. The average molecular weight is 232 g/mol. The zero-order valence-electron chi connectivity index (χ0n) is 7.59. The van der Waals surface area contributed by atoms with Crippen molar-refractivity contribution in [3.8, 4) is 0 Å². The summed E-state index contributed by atoms with van der Waals surface area (Å²) in [5.74, 6) is -4.04. The van der Waals surface area contributed by atoms with Gasteiger partial charge in [0.25, 0.3) is 0 Å². The topological polar surface area (TPSA) is 130 Å². The minimum Gasteiger partial charge on any atom is -1.00 e. The maximum atomic E-state index is 10.5. The van der Waals surface area contributed by atoms with Gasteiger partial charge in [0.1, 0.15) is 0 Å². The summed E-state index contributed by atoms with van der Waals surface area (Å²) < 4.78 is 29.9. The summed E-state index contributed by atoms with van der Waals surface area (Å²) in [6.07, 6.45) is 0. The Morgan fingerprint density at radius 1 is 1.07 bits per heavy atom. The molecule has 0 aliphatic rings. The maximum Gasteiger partial charge on any atom is 1.00 e. The van der Waals surface area contributed by atoms with Gasteiger partial charge in [-0.1, -0.05) is 0 Å². The van der Waals surface area contributed by atoms with Crippen LogP contribution < -0.4 is 18.9 Å². The van der Waals surface area contributed by atoms with Gasteiger partial charge in [-0.25, -0.2) is 24.0 Å². The Morgan fingerprint density at radius 3 is 1.29 bits per heavy atom. The third-order valence-corrected chi connectivity index (χ3v) is 0.307. The molecule has 0 atom stereocenters. The molecule has 0 saturated carbocycles. The van der Waals surface area contributed by atoms with Gasteiger partial charge in [-0.2, -0.15) is 0 Å². The number of hydrogen-bond donors (Lipinski definition) is 3. The molecule has 0 heterocycles. The van der Waals surface area contributed by atoms with Crippen LogP contribution in [0, 0.1) is 0 Å². The van der Waals surface area contributed by atoms with E-state index in [1.165, 1.54) is 0 Å². The van der Waals surface area contributed by atoms with Crippen LogP contribution in [0.1, 0.15) is 1.43 Å². The first-order valence-corrected chi connectivity index (χ1v) is 3.72. The Labute approximate surface area is 88.5 Å². The van der Waals surface area contributed by atoms with Gasteiger partial charge in [-0.15, -0.1) is 0 Å². The van der Waals surface area contributed by atoms with Crippen LogP contribution in [0.25, 0.3) is 0 Å². The van der Waals surface area contributed by atoms with Crippen LogP contribution in [-0.2, 0) is 24.0 Å². The molecular weight excluding hydrogens is 228 g/mol. The van der Waals surface area contributed by atoms with Crippen molar-refractivity contribution < 1.29 is 68.1 Å². The standard InChI is InChI=1S/C2F2O4.Li.H3O4P.H/c3-7-1(5)2(6)8-4;;1-5(2,3)4;/h;;(H3,1,2,3,4);/q;+1;;-1. The van der Waals surface area contributed by atoms with Crippen molar-refractivity contribution >= 4 is 19.8 Å². The molecule has 0 aliphatic carbocycles. The molecule has 14 heavy (non-hydrogen) atoms. The summed E-state index contributed by atoms with van der Waals surface area (Å²) in [5.41, 5.74) is 0. The van der Waals surface area contributed by atoms with Crippen LogP contribution >= 0.6 is 7.82 Å². The molecule has 0 aromatic carbocycles. The van der Waals surface area contributed by atoms with Crippen LogP contribution in [-0.4, -0.2) is 26.6 Å². The fraction of sp³-hybridized carbons (Fsp3) is 0. The number of rotatable bonds is 0. The molecule has 0 bridgehead atoms. The van der Waals surface area contributed by atoms with E-state index < -0.39 is 19.8 Å². The van der Waals surface area contributed by atoms with Gasteiger partial charge in [0.2, 0.25) is 0 Å². The third kappa shape index (κ3) is 22.5. The van der Waals surface area contributed by atoms with E-state index in [1.54, 1.807) is 0 Å². The molecular formula is C2H4F2LiO8P. The van der Waals surface area contributed by atoms with Crippen LogP contribution in [0.5, 0.6) is 0 Å². The van der Waals surface area contributed by atoms with E-state index in [4.69, 9.17) is 19.2 Å². The zero-order valence-corrected chi connectivity index (χ0v) is 7.48. The normalized spacial score (nSPS) is 8.64. The summed E-state index contributed by atoms with van der Waals surface area (Å²) in [4.78, 5) is 44.9. The number of carbonyl (C=O) groups excluding carboxylic acids is 2. The summed E-state index contributed by atoms with van der Waals surface area (Å²) in [6, 6.07) is 0. The second kappa shape index (κ2) is 9.08. The summed E-state index contributed by atoms with van der Waals surface area (Å²) in [7, 11) is -4.64. The largest absolute Gasteiger partial charge is 1.00 e. The van der Waals surface area contributed by atoms with Gasteiger partial charge in [0.05, 0.1) is 0 Å². The summed E-state index contributed by atoms with van der Waals surface area (Å²) in [5, 5.41) is 0. The second-order valence-electron chi connectivity index (χ2n) is 1.24. The third-order valence-electron chi connectivity index (χ3n) is 0.307. The van der Waals surface area contributed by atoms with Gasteiger partial charge in [-0.05, 0) is 0 Å². The van der Waals surface area contributed by atoms with Crippen molar-refractivity contribution in [1.29, 1.82) is 0 Å².